The zero-order valence-corrected chi connectivity index (χ0v) is 9.72. The summed E-state index contributed by atoms with van der Waals surface area (Å²) in [7, 11) is 0. The number of hydrogen-bond donors (Lipinski definition) is 1. The van der Waals surface area contributed by atoms with Crippen molar-refractivity contribution < 1.29 is 13.2 Å². The molecule has 0 fully saturated rings. The molecule has 1 rings (SSSR count). The van der Waals surface area contributed by atoms with Crippen molar-refractivity contribution in [3.05, 3.63) is 48.0 Å². The smallest absolute Gasteiger partial charge is 0.330 e. The summed E-state index contributed by atoms with van der Waals surface area (Å²) in [4.78, 5) is 0. The van der Waals surface area contributed by atoms with Crippen molar-refractivity contribution in [2.24, 2.45) is 11.1 Å². The summed E-state index contributed by atoms with van der Waals surface area (Å²) >= 11 is 0. The highest BCUT2D eigenvalue weighted by molar-refractivity contribution is 5.27. The van der Waals surface area contributed by atoms with Crippen molar-refractivity contribution in [2.45, 2.75) is 19.5 Å². The van der Waals surface area contributed by atoms with Crippen LogP contribution in [0.4, 0.5) is 13.2 Å². The average Bonchev–Trinajstić information content (AvgIpc) is 2.28. The van der Waals surface area contributed by atoms with Gasteiger partial charge < -0.3 is 5.73 Å². The number of rotatable bonds is 4. The molecule has 0 heterocycles. The first kappa shape index (κ1) is 13.8. The highest BCUT2D eigenvalue weighted by Gasteiger charge is 2.30. The van der Waals surface area contributed by atoms with Crippen molar-refractivity contribution in [3.8, 4) is 0 Å². The second-order valence-electron chi connectivity index (χ2n) is 4.44. The number of alkyl halides is 3. The molecule has 0 radical (unpaired) electrons. The Morgan fingerprint density at radius 2 is 2.00 bits per heavy atom. The minimum atomic E-state index is -4.30. The highest BCUT2D eigenvalue weighted by atomic mass is 19.4. The molecule has 2 N–H and O–H groups in total. The van der Waals surface area contributed by atoms with Crippen LogP contribution in [0.1, 0.15) is 18.1 Å². The van der Waals surface area contributed by atoms with Gasteiger partial charge in [-0.25, -0.2) is 0 Å². The van der Waals surface area contributed by atoms with E-state index in [2.05, 4.69) is 6.58 Å². The zero-order valence-electron chi connectivity index (χ0n) is 9.72. The van der Waals surface area contributed by atoms with Crippen LogP contribution in [0.25, 0.3) is 0 Å². The van der Waals surface area contributed by atoms with Gasteiger partial charge >= 0.3 is 6.18 Å². The zero-order chi connectivity index (χ0) is 13.1. The molecule has 0 aromatic heterocycles. The maximum atomic E-state index is 12.5. The molecule has 94 valence electrons. The predicted octanol–water partition coefficient (Wildman–Crippen LogP) is 3.40. The van der Waals surface area contributed by atoms with Crippen molar-refractivity contribution in [3.63, 3.8) is 0 Å². The fourth-order valence-electron chi connectivity index (χ4n) is 1.55. The number of hydrogen-bond acceptors (Lipinski definition) is 1. The van der Waals surface area contributed by atoms with Crippen LogP contribution in [-0.2, 0) is 12.6 Å². The molecule has 1 unspecified atom stereocenters. The Labute approximate surface area is 99.1 Å². The van der Waals surface area contributed by atoms with Crippen molar-refractivity contribution in [1.82, 2.24) is 0 Å². The van der Waals surface area contributed by atoms with E-state index in [9.17, 15) is 13.2 Å². The third kappa shape index (κ3) is 3.60. The first-order valence-corrected chi connectivity index (χ1v) is 5.30. The molecule has 0 spiro atoms. The average molecular weight is 243 g/mol. The molecular weight excluding hydrogens is 227 g/mol. The van der Waals surface area contributed by atoms with Gasteiger partial charge in [0.05, 0.1) is 5.56 Å². The summed E-state index contributed by atoms with van der Waals surface area (Å²) in [5.74, 6) is 0. The quantitative estimate of drug-likeness (QED) is 0.806. The Morgan fingerprint density at radius 3 is 2.47 bits per heavy atom. The lowest BCUT2D eigenvalue weighted by molar-refractivity contribution is -0.137. The Balaban J connectivity index is 2.97. The van der Waals surface area contributed by atoms with Gasteiger partial charge in [0.15, 0.2) is 0 Å². The maximum absolute atomic E-state index is 12.5. The monoisotopic (exact) mass is 243 g/mol. The van der Waals surface area contributed by atoms with Gasteiger partial charge in [0.25, 0.3) is 0 Å². The summed E-state index contributed by atoms with van der Waals surface area (Å²) in [6, 6.07) is 5.32. The molecule has 1 atom stereocenters. The normalized spacial score (nSPS) is 15.4. The van der Waals surface area contributed by atoms with Crippen LogP contribution in [-0.4, -0.2) is 6.54 Å². The molecule has 0 aliphatic heterocycles. The second kappa shape index (κ2) is 4.92. The van der Waals surface area contributed by atoms with Crippen LogP contribution in [0.15, 0.2) is 36.9 Å². The largest absolute Gasteiger partial charge is 0.416 e. The minimum absolute atomic E-state index is 0.354. The van der Waals surface area contributed by atoms with Crippen LogP contribution < -0.4 is 5.73 Å². The maximum Gasteiger partial charge on any atom is 0.416 e. The van der Waals surface area contributed by atoms with Crippen molar-refractivity contribution in [1.29, 1.82) is 0 Å². The van der Waals surface area contributed by atoms with Crippen LogP contribution >= 0.6 is 0 Å². The Hall–Kier alpha value is -1.29. The topological polar surface area (TPSA) is 26.0 Å². The van der Waals surface area contributed by atoms with Gasteiger partial charge in [-0.05, 0) is 18.1 Å². The summed E-state index contributed by atoms with van der Waals surface area (Å²) in [5, 5.41) is 0. The van der Waals surface area contributed by atoms with Gasteiger partial charge in [0.1, 0.15) is 0 Å². The van der Waals surface area contributed by atoms with E-state index in [4.69, 9.17) is 5.73 Å². The molecule has 0 aliphatic carbocycles. The third-order valence-electron chi connectivity index (χ3n) is 2.82. The molecular formula is C13H16F3N. The van der Waals surface area contributed by atoms with Crippen LogP contribution in [0.2, 0.25) is 0 Å². The van der Waals surface area contributed by atoms with Gasteiger partial charge in [-0.3, -0.25) is 0 Å². The molecule has 0 saturated heterocycles. The molecule has 0 saturated carbocycles. The number of benzene rings is 1. The van der Waals surface area contributed by atoms with Crippen molar-refractivity contribution in [2.75, 3.05) is 6.54 Å². The summed E-state index contributed by atoms with van der Waals surface area (Å²) < 4.78 is 37.6. The Bertz CT molecular complexity index is 398. The lowest BCUT2D eigenvalue weighted by Gasteiger charge is -2.24. The molecule has 0 amide bonds. The fourth-order valence-corrected chi connectivity index (χ4v) is 1.55. The predicted molar refractivity (Wildman–Crippen MR) is 62.5 cm³/mol. The Morgan fingerprint density at radius 1 is 1.35 bits per heavy atom. The standard InChI is InChI=1S/C13H16F3N/c1-3-12(2,9-17)8-10-5-4-6-11(7-10)13(14,15)16/h3-7H,1,8-9,17H2,2H3. The van der Waals surface area contributed by atoms with Gasteiger partial charge in [-0.2, -0.15) is 13.2 Å². The molecule has 1 nitrogen and oxygen atoms in total. The van der Waals surface area contributed by atoms with E-state index in [1.165, 1.54) is 6.07 Å². The minimum Gasteiger partial charge on any atom is -0.330 e. The molecule has 0 aliphatic rings. The van der Waals surface area contributed by atoms with E-state index >= 15 is 0 Å². The summed E-state index contributed by atoms with van der Waals surface area (Å²) in [6.45, 7) is 5.90. The van der Waals surface area contributed by atoms with Gasteiger partial charge in [0, 0.05) is 12.0 Å². The van der Waals surface area contributed by atoms with E-state index < -0.39 is 11.7 Å². The SMILES string of the molecule is C=CC(C)(CN)Cc1cccc(C(F)(F)F)c1. The third-order valence-corrected chi connectivity index (χ3v) is 2.82. The van der Waals surface area contributed by atoms with Crippen LogP contribution in [0, 0.1) is 5.41 Å². The lowest BCUT2D eigenvalue weighted by Crippen LogP contribution is -2.27. The van der Waals surface area contributed by atoms with Crippen molar-refractivity contribution >= 4 is 0 Å². The molecule has 4 heteroatoms. The van der Waals surface area contributed by atoms with Crippen LogP contribution in [0.5, 0.6) is 0 Å². The molecule has 1 aromatic carbocycles. The Kier molecular flexibility index (Phi) is 3.98. The number of halogens is 3. The summed E-state index contributed by atoms with van der Waals surface area (Å²) in [5.41, 5.74) is 5.22. The second-order valence-corrected chi connectivity index (χ2v) is 4.44. The van der Waals surface area contributed by atoms with E-state index in [1.54, 1.807) is 12.1 Å². The molecule has 1 aromatic rings. The van der Waals surface area contributed by atoms with Gasteiger partial charge in [-0.1, -0.05) is 31.2 Å². The fraction of sp³-hybridized carbons (Fsp3) is 0.385. The van der Waals surface area contributed by atoms with Gasteiger partial charge in [0.2, 0.25) is 0 Å². The van der Waals surface area contributed by atoms with E-state index in [1.807, 2.05) is 6.92 Å². The molecule has 17 heavy (non-hydrogen) atoms. The van der Waals surface area contributed by atoms with Gasteiger partial charge in [-0.15, -0.1) is 6.58 Å². The first-order chi connectivity index (χ1) is 7.80. The van der Waals surface area contributed by atoms with Crippen LogP contribution in [0.3, 0.4) is 0 Å². The molecule has 0 bridgehead atoms. The first-order valence-electron chi connectivity index (χ1n) is 5.30. The van der Waals surface area contributed by atoms with E-state index in [0.717, 1.165) is 12.1 Å². The van der Waals surface area contributed by atoms with E-state index in [0.29, 0.717) is 18.5 Å². The van der Waals surface area contributed by atoms with E-state index in [-0.39, 0.29) is 5.41 Å². The lowest BCUT2D eigenvalue weighted by atomic mass is 9.83. The number of nitrogens with two attached hydrogens (primary N) is 1. The highest BCUT2D eigenvalue weighted by Crippen LogP contribution is 2.31. The summed E-state index contributed by atoms with van der Waals surface area (Å²) in [6.07, 6.45) is -2.16.